The number of carbonyl (C=O) groups is 1. The number of nitrogens with one attached hydrogen (secondary N) is 1. The Morgan fingerprint density at radius 2 is 1.91 bits per heavy atom. The van der Waals surface area contributed by atoms with Crippen molar-refractivity contribution in [1.82, 2.24) is 10.2 Å². The first kappa shape index (κ1) is 16.4. The Morgan fingerprint density at radius 1 is 1.18 bits per heavy atom. The van der Waals surface area contributed by atoms with Crippen LogP contribution >= 0.6 is 11.3 Å². The van der Waals surface area contributed by atoms with Gasteiger partial charge in [-0.3, -0.25) is 0 Å². The van der Waals surface area contributed by atoms with Crippen molar-refractivity contribution in [3.8, 4) is 0 Å². The summed E-state index contributed by atoms with van der Waals surface area (Å²) >= 11 is 1.69. The number of thiophene rings is 1. The van der Waals surface area contributed by atoms with Gasteiger partial charge in [-0.2, -0.15) is 0 Å². The average molecular weight is 317 g/mol. The smallest absolute Gasteiger partial charge is 0.317 e. The molecule has 2 aromatic rings. The molecule has 0 unspecified atom stereocenters. The predicted molar refractivity (Wildman–Crippen MR) is 93.6 cm³/mol. The molecule has 4 nitrogen and oxygen atoms in total. The fourth-order valence-electron chi connectivity index (χ4n) is 2.13. The summed E-state index contributed by atoms with van der Waals surface area (Å²) in [6, 6.07) is 12.2. The van der Waals surface area contributed by atoms with Crippen molar-refractivity contribution < 1.29 is 4.79 Å². The fourth-order valence-corrected chi connectivity index (χ4v) is 3.09. The molecule has 0 fully saturated rings. The van der Waals surface area contributed by atoms with E-state index in [-0.39, 0.29) is 6.03 Å². The van der Waals surface area contributed by atoms with Crippen LogP contribution in [0.3, 0.4) is 0 Å². The van der Waals surface area contributed by atoms with Gasteiger partial charge >= 0.3 is 6.03 Å². The molecule has 2 amide bonds. The number of aryl methyl sites for hydroxylation is 1. The third-order valence-corrected chi connectivity index (χ3v) is 4.62. The molecule has 118 valence electrons. The first-order chi connectivity index (χ1) is 10.6. The second-order valence-corrected chi connectivity index (χ2v) is 6.37. The number of nitrogens with zero attached hydrogens (tertiary/aromatic N) is 2. The number of benzene rings is 1. The topological polar surface area (TPSA) is 35.6 Å². The van der Waals surface area contributed by atoms with Crippen LogP contribution in [0, 0.1) is 6.92 Å². The lowest BCUT2D eigenvalue weighted by Gasteiger charge is -2.21. The SMILES string of the molecule is Cc1ccsc1CN(C)C(=O)NCCN(C)c1ccccc1. The third-order valence-electron chi connectivity index (χ3n) is 3.62. The number of anilines is 1. The summed E-state index contributed by atoms with van der Waals surface area (Å²) < 4.78 is 0. The zero-order valence-electron chi connectivity index (χ0n) is 13.4. The number of rotatable bonds is 6. The largest absolute Gasteiger partial charge is 0.373 e. The summed E-state index contributed by atoms with van der Waals surface area (Å²) in [5, 5.41) is 5.03. The Kier molecular flexibility index (Phi) is 5.83. The van der Waals surface area contributed by atoms with Crippen molar-refractivity contribution in [1.29, 1.82) is 0 Å². The molecule has 0 aliphatic carbocycles. The van der Waals surface area contributed by atoms with Crippen molar-refractivity contribution in [2.24, 2.45) is 0 Å². The van der Waals surface area contributed by atoms with Gasteiger partial charge < -0.3 is 15.1 Å². The van der Waals surface area contributed by atoms with Gasteiger partial charge in [-0.05, 0) is 36.1 Å². The summed E-state index contributed by atoms with van der Waals surface area (Å²) in [5.74, 6) is 0. The molecule has 0 saturated carbocycles. The van der Waals surface area contributed by atoms with Crippen LogP contribution in [0.15, 0.2) is 41.8 Å². The Morgan fingerprint density at radius 3 is 2.55 bits per heavy atom. The highest BCUT2D eigenvalue weighted by Gasteiger charge is 2.11. The van der Waals surface area contributed by atoms with E-state index in [1.165, 1.54) is 10.4 Å². The lowest BCUT2D eigenvalue weighted by molar-refractivity contribution is 0.207. The van der Waals surface area contributed by atoms with Crippen LogP contribution in [0.5, 0.6) is 0 Å². The van der Waals surface area contributed by atoms with Crippen LogP contribution in [-0.2, 0) is 6.54 Å². The molecule has 2 rings (SSSR count). The first-order valence-electron chi connectivity index (χ1n) is 7.36. The number of likely N-dealkylation sites (N-methyl/N-ethyl adjacent to an activating group) is 1. The van der Waals surface area contributed by atoms with Gasteiger partial charge in [-0.15, -0.1) is 11.3 Å². The summed E-state index contributed by atoms with van der Waals surface area (Å²) in [6.07, 6.45) is 0. The van der Waals surface area contributed by atoms with E-state index in [1.54, 1.807) is 16.2 Å². The highest BCUT2D eigenvalue weighted by Crippen LogP contribution is 2.17. The summed E-state index contributed by atoms with van der Waals surface area (Å²) in [6.45, 7) is 4.13. The maximum Gasteiger partial charge on any atom is 0.317 e. The van der Waals surface area contributed by atoms with Gasteiger partial charge in [0.15, 0.2) is 0 Å². The van der Waals surface area contributed by atoms with Crippen molar-refractivity contribution in [2.75, 3.05) is 32.1 Å². The third kappa shape index (κ3) is 4.49. The second-order valence-electron chi connectivity index (χ2n) is 5.37. The highest BCUT2D eigenvalue weighted by atomic mass is 32.1. The highest BCUT2D eigenvalue weighted by molar-refractivity contribution is 7.10. The minimum atomic E-state index is -0.0331. The number of hydrogen-bond acceptors (Lipinski definition) is 3. The van der Waals surface area contributed by atoms with Crippen LogP contribution in [0.1, 0.15) is 10.4 Å². The van der Waals surface area contributed by atoms with Gasteiger partial charge in [-0.25, -0.2) is 4.79 Å². The van der Waals surface area contributed by atoms with Crippen LogP contribution in [0.2, 0.25) is 0 Å². The van der Waals surface area contributed by atoms with E-state index in [2.05, 4.69) is 40.7 Å². The molecule has 0 saturated heterocycles. The summed E-state index contributed by atoms with van der Waals surface area (Å²) in [7, 11) is 3.86. The Balaban J connectivity index is 1.74. The monoisotopic (exact) mass is 317 g/mol. The molecule has 1 N–H and O–H groups in total. The number of hydrogen-bond donors (Lipinski definition) is 1. The van der Waals surface area contributed by atoms with Crippen LogP contribution in [-0.4, -0.2) is 38.1 Å². The zero-order chi connectivity index (χ0) is 15.9. The Hall–Kier alpha value is -2.01. The Labute approximate surface area is 136 Å². The molecule has 0 radical (unpaired) electrons. The predicted octanol–water partition coefficient (Wildman–Crippen LogP) is 3.33. The van der Waals surface area contributed by atoms with Crippen molar-refractivity contribution in [3.63, 3.8) is 0 Å². The van der Waals surface area contributed by atoms with E-state index in [1.807, 2.05) is 32.3 Å². The zero-order valence-corrected chi connectivity index (χ0v) is 14.2. The molecule has 1 aromatic heterocycles. The molecule has 1 heterocycles. The van der Waals surface area contributed by atoms with Gasteiger partial charge in [0.2, 0.25) is 0 Å². The lowest BCUT2D eigenvalue weighted by atomic mass is 10.3. The first-order valence-corrected chi connectivity index (χ1v) is 8.24. The van der Waals surface area contributed by atoms with E-state index in [0.717, 1.165) is 12.2 Å². The molecule has 22 heavy (non-hydrogen) atoms. The molecular weight excluding hydrogens is 294 g/mol. The van der Waals surface area contributed by atoms with Crippen molar-refractivity contribution in [2.45, 2.75) is 13.5 Å². The Bertz CT molecular complexity index is 597. The maximum atomic E-state index is 12.1. The normalized spacial score (nSPS) is 10.3. The quantitative estimate of drug-likeness (QED) is 0.887. The lowest BCUT2D eigenvalue weighted by Crippen LogP contribution is -2.40. The number of carbonyl (C=O) groups excluding carboxylic acids is 1. The van der Waals surface area contributed by atoms with Crippen molar-refractivity contribution >= 4 is 23.1 Å². The van der Waals surface area contributed by atoms with Crippen LogP contribution in [0.4, 0.5) is 10.5 Å². The van der Waals surface area contributed by atoms with Gasteiger partial charge in [0.25, 0.3) is 0 Å². The van der Waals surface area contributed by atoms with Gasteiger partial charge in [0, 0.05) is 37.7 Å². The van der Waals surface area contributed by atoms with Crippen LogP contribution in [0.25, 0.3) is 0 Å². The van der Waals surface area contributed by atoms with E-state index in [4.69, 9.17) is 0 Å². The van der Waals surface area contributed by atoms with Crippen molar-refractivity contribution in [3.05, 3.63) is 52.2 Å². The molecule has 0 bridgehead atoms. The standard InChI is InChI=1S/C17H23N3OS/c1-14-9-12-22-16(14)13-20(3)17(21)18-10-11-19(2)15-7-5-4-6-8-15/h4-9,12H,10-11,13H2,1-3H3,(H,18,21). The van der Waals surface area contributed by atoms with E-state index in [9.17, 15) is 4.79 Å². The van der Waals surface area contributed by atoms with Gasteiger partial charge in [0.05, 0.1) is 6.54 Å². The average Bonchev–Trinajstić information content (AvgIpc) is 2.93. The van der Waals surface area contributed by atoms with Gasteiger partial charge in [-0.1, -0.05) is 18.2 Å². The van der Waals surface area contributed by atoms with Gasteiger partial charge in [0.1, 0.15) is 0 Å². The fraction of sp³-hybridized carbons (Fsp3) is 0.353. The maximum absolute atomic E-state index is 12.1. The number of para-hydroxylation sites is 1. The number of urea groups is 1. The molecule has 0 atom stereocenters. The van der Waals surface area contributed by atoms with Crippen LogP contribution < -0.4 is 10.2 Å². The molecule has 5 heteroatoms. The minimum Gasteiger partial charge on any atom is -0.373 e. The molecule has 0 aliphatic rings. The molecule has 0 spiro atoms. The molecule has 0 aliphatic heterocycles. The van der Waals surface area contributed by atoms with E-state index in [0.29, 0.717) is 13.1 Å². The molecule has 1 aromatic carbocycles. The minimum absolute atomic E-state index is 0.0331. The summed E-state index contributed by atoms with van der Waals surface area (Å²) in [4.78, 5) is 17.2. The second kappa shape index (κ2) is 7.84. The summed E-state index contributed by atoms with van der Waals surface area (Å²) in [5.41, 5.74) is 2.40. The van der Waals surface area contributed by atoms with E-state index >= 15 is 0 Å². The molecular formula is C17H23N3OS. The van der Waals surface area contributed by atoms with E-state index < -0.39 is 0 Å². The number of amides is 2.